The first-order chi connectivity index (χ1) is 6.26. The van der Waals surface area contributed by atoms with Gasteiger partial charge < -0.3 is 15.2 Å². The van der Waals surface area contributed by atoms with E-state index in [1.54, 1.807) is 19.2 Å². The van der Waals surface area contributed by atoms with E-state index in [1.165, 1.54) is 0 Å². The van der Waals surface area contributed by atoms with E-state index in [0.29, 0.717) is 6.42 Å². The Hall–Kier alpha value is -1.35. The molecule has 1 aromatic rings. The number of hydrogen-bond acceptors (Lipinski definition) is 3. The third kappa shape index (κ3) is 2.87. The Morgan fingerprint density at radius 3 is 2.54 bits per heavy atom. The molecule has 0 fully saturated rings. The minimum absolute atomic E-state index is 0.149. The summed E-state index contributed by atoms with van der Waals surface area (Å²) in [6.45, 7) is 0. The molecule has 13 heavy (non-hydrogen) atoms. The molecule has 0 aliphatic heterocycles. The summed E-state index contributed by atoms with van der Waals surface area (Å²) in [5, 5.41) is 11.9. The van der Waals surface area contributed by atoms with Crippen LogP contribution >= 0.6 is 0 Å². The molecule has 1 rings (SSSR count). The first-order valence-electron chi connectivity index (χ1n) is 4.16. The third-order valence-electron chi connectivity index (χ3n) is 1.93. The fraction of sp³-hybridized carbons (Fsp3) is 0.300. The Bertz CT molecular complexity index is 269. The van der Waals surface area contributed by atoms with Gasteiger partial charge in [-0.05, 0) is 31.2 Å². The van der Waals surface area contributed by atoms with Crippen molar-refractivity contribution < 1.29 is 9.90 Å². The van der Waals surface area contributed by atoms with Gasteiger partial charge in [-0.25, -0.2) is 0 Å². The zero-order valence-corrected chi connectivity index (χ0v) is 7.53. The Labute approximate surface area is 77.4 Å². The van der Waals surface area contributed by atoms with Crippen LogP contribution in [0.2, 0.25) is 0 Å². The van der Waals surface area contributed by atoms with Gasteiger partial charge in [-0.1, -0.05) is 12.1 Å². The average molecular weight is 179 g/mol. The molecule has 70 valence electrons. The molecule has 0 saturated carbocycles. The van der Waals surface area contributed by atoms with E-state index < -0.39 is 0 Å². The van der Waals surface area contributed by atoms with Gasteiger partial charge in [-0.3, -0.25) is 0 Å². The van der Waals surface area contributed by atoms with Crippen molar-refractivity contribution in [2.24, 2.45) is 0 Å². The fourth-order valence-electron chi connectivity index (χ4n) is 1.10. The summed E-state index contributed by atoms with van der Waals surface area (Å²) < 4.78 is 0. The predicted octanol–water partition coefficient (Wildman–Crippen LogP) is 0.722. The minimum atomic E-state index is -0.149. The summed E-state index contributed by atoms with van der Waals surface area (Å²) >= 11 is 0. The van der Waals surface area contributed by atoms with E-state index in [1.807, 2.05) is 12.1 Å². The Kier molecular flexibility index (Phi) is 3.46. The molecule has 0 bridgehead atoms. The van der Waals surface area contributed by atoms with Crippen LogP contribution in [0.5, 0.6) is 5.75 Å². The topological polar surface area (TPSA) is 49.3 Å². The second-order valence-electron chi connectivity index (χ2n) is 2.90. The SMILES string of the molecule is CN[C@H](C=O)Cc1ccc(O)cc1. The second kappa shape index (κ2) is 4.62. The summed E-state index contributed by atoms with van der Waals surface area (Å²) in [5.74, 6) is 0.246. The van der Waals surface area contributed by atoms with Crippen LogP contribution in [0.1, 0.15) is 5.56 Å². The van der Waals surface area contributed by atoms with E-state index in [0.717, 1.165) is 11.8 Å². The number of aldehydes is 1. The molecule has 0 amide bonds. The van der Waals surface area contributed by atoms with Crippen molar-refractivity contribution in [1.82, 2.24) is 5.32 Å². The van der Waals surface area contributed by atoms with Gasteiger partial charge in [0.15, 0.2) is 0 Å². The standard InChI is InChI=1S/C10H13NO2/c1-11-9(7-12)6-8-2-4-10(13)5-3-8/h2-5,7,9,11,13H,6H2,1H3/t9-/m0/s1. The van der Waals surface area contributed by atoms with Crippen molar-refractivity contribution in [2.45, 2.75) is 12.5 Å². The molecule has 0 aromatic heterocycles. The molecule has 1 aromatic carbocycles. The van der Waals surface area contributed by atoms with Crippen LogP contribution in [0, 0.1) is 0 Å². The van der Waals surface area contributed by atoms with Crippen molar-refractivity contribution in [3.63, 3.8) is 0 Å². The molecular formula is C10H13NO2. The summed E-state index contributed by atoms with van der Waals surface area (Å²) in [6.07, 6.45) is 1.53. The lowest BCUT2D eigenvalue weighted by atomic mass is 10.1. The van der Waals surface area contributed by atoms with Crippen LogP contribution in [0.4, 0.5) is 0 Å². The van der Waals surface area contributed by atoms with Gasteiger partial charge >= 0.3 is 0 Å². The number of phenolic OH excluding ortho intramolecular Hbond substituents is 1. The van der Waals surface area contributed by atoms with Crippen LogP contribution in [-0.2, 0) is 11.2 Å². The van der Waals surface area contributed by atoms with E-state index >= 15 is 0 Å². The maximum Gasteiger partial charge on any atom is 0.137 e. The van der Waals surface area contributed by atoms with Gasteiger partial charge in [-0.15, -0.1) is 0 Å². The van der Waals surface area contributed by atoms with Gasteiger partial charge in [0.2, 0.25) is 0 Å². The molecule has 0 spiro atoms. The Morgan fingerprint density at radius 2 is 2.08 bits per heavy atom. The zero-order valence-electron chi connectivity index (χ0n) is 7.53. The number of phenols is 1. The normalized spacial score (nSPS) is 12.4. The highest BCUT2D eigenvalue weighted by Gasteiger charge is 2.04. The number of nitrogens with one attached hydrogen (secondary N) is 1. The van der Waals surface area contributed by atoms with E-state index in [4.69, 9.17) is 5.11 Å². The summed E-state index contributed by atoms with van der Waals surface area (Å²) in [4.78, 5) is 10.5. The van der Waals surface area contributed by atoms with Crippen molar-refractivity contribution >= 4 is 6.29 Å². The van der Waals surface area contributed by atoms with E-state index in [9.17, 15) is 4.79 Å². The molecule has 0 unspecified atom stereocenters. The van der Waals surface area contributed by atoms with Crippen LogP contribution in [0.25, 0.3) is 0 Å². The quantitative estimate of drug-likeness (QED) is 0.670. The Morgan fingerprint density at radius 1 is 1.46 bits per heavy atom. The molecule has 2 N–H and O–H groups in total. The third-order valence-corrected chi connectivity index (χ3v) is 1.93. The molecule has 1 atom stereocenters. The maximum absolute atomic E-state index is 10.5. The monoisotopic (exact) mass is 179 g/mol. The van der Waals surface area contributed by atoms with Gasteiger partial charge in [0.25, 0.3) is 0 Å². The van der Waals surface area contributed by atoms with Crippen LogP contribution < -0.4 is 5.32 Å². The summed E-state index contributed by atoms with van der Waals surface area (Å²) in [7, 11) is 1.75. The maximum atomic E-state index is 10.5. The van der Waals surface area contributed by atoms with Crippen LogP contribution in [0.15, 0.2) is 24.3 Å². The zero-order chi connectivity index (χ0) is 9.68. The molecule has 3 nitrogen and oxygen atoms in total. The van der Waals surface area contributed by atoms with Crippen LogP contribution in [0.3, 0.4) is 0 Å². The van der Waals surface area contributed by atoms with E-state index in [2.05, 4.69) is 5.32 Å². The lowest BCUT2D eigenvalue weighted by Gasteiger charge is -2.08. The second-order valence-corrected chi connectivity index (χ2v) is 2.90. The average Bonchev–Trinajstić information content (AvgIpc) is 2.17. The van der Waals surface area contributed by atoms with Crippen molar-refractivity contribution in [3.8, 4) is 5.75 Å². The first kappa shape index (κ1) is 9.74. The highest BCUT2D eigenvalue weighted by molar-refractivity contribution is 5.58. The lowest BCUT2D eigenvalue weighted by Crippen LogP contribution is -2.28. The first-order valence-corrected chi connectivity index (χ1v) is 4.16. The van der Waals surface area contributed by atoms with Crippen molar-refractivity contribution in [3.05, 3.63) is 29.8 Å². The largest absolute Gasteiger partial charge is 0.508 e. The lowest BCUT2D eigenvalue weighted by molar-refractivity contribution is -0.109. The number of carbonyl (C=O) groups excluding carboxylic acids is 1. The molecular weight excluding hydrogens is 166 g/mol. The molecule has 0 saturated heterocycles. The van der Waals surface area contributed by atoms with Crippen molar-refractivity contribution in [2.75, 3.05) is 7.05 Å². The highest BCUT2D eigenvalue weighted by atomic mass is 16.3. The molecule has 0 aliphatic carbocycles. The number of rotatable bonds is 4. The number of aromatic hydroxyl groups is 1. The number of hydrogen-bond donors (Lipinski definition) is 2. The van der Waals surface area contributed by atoms with E-state index in [-0.39, 0.29) is 11.8 Å². The van der Waals surface area contributed by atoms with Crippen molar-refractivity contribution in [1.29, 1.82) is 0 Å². The molecule has 0 radical (unpaired) electrons. The van der Waals surface area contributed by atoms with Gasteiger partial charge in [-0.2, -0.15) is 0 Å². The smallest absolute Gasteiger partial charge is 0.137 e. The summed E-state index contributed by atoms with van der Waals surface area (Å²) in [6, 6.07) is 6.70. The van der Waals surface area contributed by atoms with Gasteiger partial charge in [0, 0.05) is 0 Å². The summed E-state index contributed by atoms with van der Waals surface area (Å²) in [5.41, 5.74) is 1.03. The molecule has 3 heteroatoms. The number of benzene rings is 1. The van der Waals surface area contributed by atoms with Gasteiger partial charge in [0.1, 0.15) is 12.0 Å². The number of likely N-dealkylation sites (N-methyl/N-ethyl adjacent to an activating group) is 1. The Balaban J connectivity index is 2.63. The predicted molar refractivity (Wildman–Crippen MR) is 50.7 cm³/mol. The van der Waals surface area contributed by atoms with Gasteiger partial charge in [0.05, 0.1) is 6.04 Å². The fourth-order valence-corrected chi connectivity index (χ4v) is 1.10. The van der Waals surface area contributed by atoms with Crippen LogP contribution in [-0.4, -0.2) is 24.5 Å². The molecule has 0 heterocycles. The highest BCUT2D eigenvalue weighted by Crippen LogP contribution is 2.10. The number of carbonyl (C=O) groups is 1. The minimum Gasteiger partial charge on any atom is -0.508 e. The molecule has 0 aliphatic rings.